The SMILES string of the molecule is COc1ccc(C(=O)c2ccc(Cl)c(OC)c2)c(F)c1. The van der Waals surface area contributed by atoms with Gasteiger partial charge in [0.25, 0.3) is 0 Å². The van der Waals surface area contributed by atoms with Crippen molar-refractivity contribution in [2.75, 3.05) is 14.2 Å². The van der Waals surface area contributed by atoms with E-state index in [2.05, 4.69) is 0 Å². The van der Waals surface area contributed by atoms with Gasteiger partial charge in [-0.15, -0.1) is 0 Å². The molecule has 0 amide bonds. The Morgan fingerprint density at radius 3 is 2.45 bits per heavy atom. The quantitative estimate of drug-likeness (QED) is 0.806. The Labute approximate surface area is 120 Å². The fourth-order valence-corrected chi connectivity index (χ4v) is 1.96. The summed E-state index contributed by atoms with van der Waals surface area (Å²) in [7, 11) is 2.88. The summed E-state index contributed by atoms with van der Waals surface area (Å²) in [6.45, 7) is 0. The van der Waals surface area contributed by atoms with Gasteiger partial charge in [0.2, 0.25) is 0 Å². The number of carbonyl (C=O) groups is 1. The minimum Gasteiger partial charge on any atom is -0.497 e. The van der Waals surface area contributed by atoms with Crippen molar-refractivity contribution >= 4 is 17.4 Å². The summed E-state index contributed by atoms with van der Waals surface area (Å²) >= 11 is 5.89. The van der Waals surface area contributed by atoms with Gasteiger partial charge in [0.15, 0.2) is 5.78 Å². The maximum atomic E-state index is 13.9. The number of ether oxygens (including phenoxy) is 2. The van der Waals surface area contributed by atoms with Gasteiger partial charge >= 0.3 is 0 Å². The van der Waals surface area contributed by atoms with Gasteiger partial charge in [-0.2, -0.15) is 0 Å². The number of halogens is 2. The molecule has 0 bridgehead atoms. The molecule has 104 valence electrons. The Morgan fingerprint density at radius 2 is 1.85 bits per heavy atom. The van der Waals surface area contributed by atoms with Gasteiger partial charge in [-0.25, -0.2) is 4.39 Å². The van der Waals surface area contributed by atoms with Gasteiger partial charge in [0.1, 0.15) is 17.3 Å². The standard InChI is InChI=1S/C15H12ClFO3/c1-19-10-4-5-11(13(17)8-10)15(18)9-3-6-12(16)14(7-9)20-2/h3-8H,1-2H3. The van der Waals surface area contributed by atoms with Crippen molar-refractivity contribution in [2.24, 2.45) is 0 Å². The molecule has 0 unspecified atom stereocenters. The second-order valence-corrected chi connectivity index (χ2v) is 4.43. The molecular formula is C15H12ClFO3. The van der Waals surface area contributed by atoms with Crippen LogP contribution in [0.2, 0.25) is 5.02 Å². The summed E-state index contributed by atoms with van der Waals surface area (Å²) in [6, 6.07) is 8.63. The Hall–Kier alpha value is -2.07. The predicted molar refractivity (Wildman–Crippen MR) is 74.4 cm³/mol. The van der Waals surface area contributed by atoms with E-state index in [1.807, 2.05) is 0 Å². The Bertz CT molecular complexity index is 656. The van der Waals surface area contributed by atoms with Crippen molar-refractivity contribution in [1.29, 1.82) is 0 Å². The summed E-state index contributed by atoms with van der Waals surface area (Å²) in [5.41, 5.74) is 0.269. The number of ketones is 1. The summed E-state index contributed by atoms with van der Waals surface area (Å²) in [5.74, 6) is -0.359. The maximum Gasteiger partial charge on any atom is 0.196 e. The molecule has 0 saturated heterocycles. The van der Waals surface area contributed by atoms with Crippen LogP contribution in [-0.4, -0.2) is 20.0 Å². The smallest absolute Gasteiger partial charge is 0.196 e. The third-order valence-electron chi connectivity index (χ3n) is 2.83. The van der Waals surface area contributed by atoms with Crippen LogP contribution in [0.1, 0.15) is 15.9 Å². The van der Waals surface area contributed by atoms with Crippen LogP contribution >= 0.6 is 11.6 Å². The van der Waals surface area contributed by atoms with E-state index in [9.17, 15) is 9.18 Å². The fourth-order valence-electron chi connectivity index (χ4n) is 1.76. The first-order valence-corrected chi connectivity index (χ1v) is 6.16. The Morgan fingerprint density at radius 1 is 1.10 bits per heavy atom. The van der Waals surface area contributed by atoms with E-state index in [4.69, 9.17) is 21.1 Å². The van der Waals surface area contributed by atoms with Crippen LogP contribution in [0.4, 0.5) is 4.39 Å². The lowest BCUT2D eigenvalue weighted by Crippen LogP contribution is -2.05. The van der Waals surface area contributed by atoms with Crippen molar-refractivity contribution in [3.05, 3.63) is 58.4 Å². The second kappa shape index (κ2) is 5.92. The second-order valence-electron chi connectivity index (χ2n) is 4.02. The van der Waals surface area contributed by atoms with E-state index in [0.717, 1.165) is 0 Å². The van der Waals surface area contributed by atoms with Crippen molar-refractivity contribution in [3.8, 4) is 11.5 Å². The van der Waals surface area contributed by atoms with Crippen LogP contribution in [-0.2, 0) is 0 Å². The number of methoxy groups -OCH3 is 2. The lowest BCUT2D eigenvalue weighted by Gasteiger charge is -2.07. The molecule has 3 nitrogen and oxygen atoms in total. The van der Waals surface area contributed by atoms with Crippen LogP contribution in [0.15, 0.2) is 36.4 Å². The van der Waals surface area contributed by atoms with Crippen LogP contribution < -0.4 is 9.47 Å². The summed E-state index contributed by atoms with van der Waals surface area (Å²) in [4.78, 5) is 12.3. The van der Waals surface area contributed by atoms with Gasteiger partial charge in [-0.3, -0.25) is 4.79 Å². The van der Waals surface area contributed by atoms with E-state index in [-0.39, 0.29) is 5.56 Å². The van der Waals surface area contributed by atoms with Crippen LogP contribution in [0.3, 0.4) is 0 Å². The highest BCUT2D eigenvalue weighted by molar-refractivity contribution is 6.32. The first-order valence-electron chi connectivity index (χ1n) is 5.78. The molecule has 0 radical (unpaired) electrons. The van der Waals surface area contributed by atoms with Gasteiger partial charge in [0, 0.05) is 11.6 Å². The van der Waals surface area contributed by atoms with Gasteiger partial charge in [0.05, 0.1) is 24.8 Å². The molecule has 0 spiro atoms. The molecule has 5 heteroatoms. The van der Waals surface area contributed by atoms with E-state index in [1.54, 1.807) is 0 Å². The van der Waals surface area contributed by atoms with Gasteiger partial charge in [-0.1, -0.05) is 11.6 Å². The van der Waals surface area contributed by atoms with Crippen LogP contribution in [0.5, 0.6) is 11.5 Å². The van der Waals surface area contributed by atoms with E-state index in [1.165, 1.54) is 50.6 Å². The number of carbonyl (C=O) groups excluding carboxylic acids is 1. The lowest BCUT2D eigenvalue weighted by atomic mass is 10.0. The van der Waals surface area contributed by atoms with Crippen LogP contribution in [0.25, 0.3) is 0 Å². The first kappa shape index (κ1) is 14.3. The molecule has 0 aliphatic carbocycles. The topological polar surface area (TPSA) is 35.5 Å². The molecule has 2 aromatic rings. The fraction of sp³-hybridized carbons (Fsp3) is 0.133. The van der Waals surface area contributed by atoms with Gasteiger partial charge in [-0.05, 0) is 30.3 Å². The van der Waals surface area contributed by atoms with Crippen molar-refractivity contribution < 1.29 is 18.7 Å². The first-order chi connectivity index (χ1) is 9.56. The number of hydrogen-bond acceptors (Lipinski definition) is 3. The number of rotatable bonds is 4. The molecule has 0 aromatic heterocycles. The summed E-state index contributed by atoms with van der Waals surface area (Å²) < 4.78 is 23.8. The van der Waals surface area contributed by atoms with Crippen LogP contribution in [0, 0.1) is 5.82 Å². The van der Waals surface area contributed by atoms with E-state index < -0.39 is 11.6 Å². The summed E-state index contributed by atoms with van der Waals surface area (Å²) in [5, 5.41) is 0.388. The van der Waals surface area contributed by atoms with E-state index in [0.29, 0.717) is 22.1 Å². The largest absolute Gasteiger partial charge is 0.497 e. The maximum absolute atomic E-state index is 13.9. The molecule has 0 atom stereocenters. The lowest BCUT2D eigenvalue weighted by molar-refractivity contribution is 0.103. The molecule has 20 heavy (non-hydrogen) atoms. The minimum absolute atomic E-state index is 0.0322. The number of benzene rings is 2. The number of hydrogen-bond donors (Lipinski definition) is 0. The molecule has 0 saturated carbocycles. The minimum atomic E-state index is -0.636. The monoisotopic (exact) mass is 294 g/mol. The Balaban J connectivity index is 2.41. The zero-order chi connectivity index (χ0) is 14.7. The highest BCUT2D eigenvalue weighted by atomic mass is 35.5. The third kappa shape index (κ3) is 2.75. The summed E-state index contributed by atoms with van der Waals surface area (Å²) in [6.07, 6.45) is 0. The van der Waals surface area contributed by atoms with E-state index >= 15 is 0 Å². The molecule has 0 heterocycles. The molecule has 0 fully saturated rings. The van der Waals surface area contributed by atoms with Gasteiger partial charge < -0.3 is 9.47 Å². The molecule has 0 N–H and O–H groups in total. The highest BCUT2D eigenvalue weighted by Gasteiger charge is 2.16. The molecule has 2 rings (SSSR count). The highest BCUT2D eigenvalue weighted by Crippen LogP contribution is 2.27. The average Bonchev–Trinajstić information content (AvgIpc) is 2.47. The van der Waals surface area contributed by atoms with Crippen molar-refractivity contribution in [1.82, 2.24) is 0 Å². The molecule has 0 aliphatic heterocycles. The molecular weight excluding hydrogens is 283 g/mol. The zero-order valence-electron chi connectivity index (χ0n) is 10.9. The molecule has 0 aliphatic rings. The average molecular weight is 295 g/mol. The Kier molecular flexibility index (Phi) is 4.25. The third-order valence-corrected chi connectivity index (χ3v) is 3.15. The molecule has 2 aromatic carbocycles. The van der Waals surface area contributed by atoms with Crippen molar-refractivity contribution in [2.45, 2.75) is 0 Å². The van der Waals surface area contributed by atoms with Crippen molar-refractivity contribution in [3.63, 3.8) is 0 Å². The zero-order valence-corrected chi connectivity index (χ0v) is 11.7. The normalized spacial score (nSPS) is 10.2. The predicted octanol–water partition coefficient (Wildman–Crippen LogP) is 3.73.